The van der Waals surface area contributed by atoms with E-state index >= 15 is 0 Å². The summed E-state index contributed by atoms with van der Waals surface area (Å²) in [6, 6.07) is 10.2. The summed E-state index contributed by atoms with van der Waals surface area (Å²) >= 11 is 7.41. The fourth-order valence-corrected chi connectivity index (χ4v) is 3.51. The molecular weight excluding hydrogens is 266 g/mol. The minimum absolute atomic E-state index is 0.0645. The summed E-state index contributed by atoms with van der Waals surface area (Å²) in [7, 11) is 0. The van der Waals surface area contributed by atoms with Crippen LogP contribution in [0.4, 0.5) is 5.69 Å². The van der Waals surface area contributed by atoms with Crippen molar-refractivity contribution < 1.29 is 5.11 Å². The van der Waals surface area contributed by atoms with Crippen LogP contribution in [0.1, 0.15) is 23.0 Å². The number of benzene rings is 1. The van der Waals surface area contributed by atoms with Gasteiger partial charge in [-0.25, -0.2) is 0 Å². The Morgan fingerprint density at radius 3 is 3.00 bits per heavy atom. The van der Waals surface area contributed by atoms with Crippen LogP contribution in [0.5, 0.6) is 0 Å². The van der Waals surface area contributed by atoms with Crippen LogP contribution in [-0.4, -0.2) is 11.1 Å². The molecule has 0 fully saturated rings. The number of hydrogen-bond donors (Lipinski definition) is 2. The Kier molecular flexibility index (Phi) is 3.29. The van der Waals surface area contributed by atoms with Crippen molar-refractivity contribution in [3.63, 3.8) is 0 Å². The van der Waals surface area contributed by atoms with Crippen molar-refractivity contribution in [2.45, 2.75) is 25.0 Å². The average Bonchev–Trinajstić information content (AvgIpc) is 2.84. The topological polar surface area (TPSA) is 32.3 Å². The molecule has 2 atom stereocenters. The zero-order valence-corrected chi connectivity index (χ0v) is 11.3. The molecule has 1 aromatic carbocycles. The Balaban J connectivity index is 1.79. The SMILES string of the molecule is OC(c1cc(Cl)cs1)C1CCc2ccccc2N1. The molecule has 1 aliphatic heterocycles. The van der Waals surface area contributed by atoms with E-state index in [0.717, 1.165) is 23.4 Å². The van der Waals surface area contributed by atoms with Crippen LogP contribution in [-0.2, 0) is 6.42 Å². The molecule has 2 unspecified atom stereocenters. The summed E-state index contributed by atoms with van der Waals surface area (Å²) in [5, 5.41) is 16.3. The molecule has 18 heavy (non-hydrogen) atoms. The molecule has 2 N–H and O–H groups in total. The van der Waals surface area contributed by atoms with Crippen molar-refractivity contribution in [3.05, 3.63) is 51.2 Å². The Morgan fingerprint density at radius 1 is 1.39 bits per heavy atom. The van der Waals surface area contributed by atoms with Gasteiger partial charge in [0.15, 0.2) is 0 Å². The monoisotopic (exact) mass is 279 g/mol. The van der Waals surface area contributed by atoms with E-state index in [1.165, 1.54) is 16.9 Å². The van der Waals surface area contributed by atoms with E-state index in [9.17, 15) is 5.11 Å². The minimum Gasteiger partial charge on any atom is -0.385 e. The second kappa shape index (κ2) is 4.92. The second-order valence-electron chi connectivity index (χ2n) is 4.56. The van der Waals surface area contributed by atoms with E-state index in [-0.39, 0.29) is 6.04 Å². The first-order valence-electron chi connectivity index (χ1n) is 6.00. The van der Waals surface area contributed by atoms with Gasteiger partial charge in [-0.15, -0.1) is 11.3 Å². The van der Waals surface area contributed by atoms with Crippen molar-refractivity contribution in [2.24, 2.45) is 0 Å². The van der Waals surface area contributed by atoms with Crippen LogP contribution < -0.4 is 5.32 Å². The fraction of sp³-hybridized carbons (Fsp3) is 0.286. The van der Waals surface area contributed by atoms with Crippen LogP contribution in [0.2, 0.25) is 5.02 Å². The van der Waals surface area contributed by atoms with Gasteiger partial charge in [0.1, 0.15) is 6.10 Å². The van der Waals surface area contributed by atoms with E-state index in [2.05, 4.69) is 23.5 Å². The molecule has 0 spiro atoms. The maximum absolute atomic E-state index is 10.4. The number of aryl methyl sites for hydroxylation is 1. The van der Waals surface area contributed by atoms with Gasteiger partial charge < -0.3 is 10.4 Å². The molecule has 1 aliphatic rings. The Labute approximate surface area is 115 Å². The average molecular weight is 280 g/mol. The third-order valence-electron chi connectivity index (χ3n) is 3.34. The normalized spacial score (nSPS) is 20.0. The lowest BCUT2D eigenvalue weighted by Gasteiger charge is -2.30. The maximum atomic E-state index is 10.4. The maximum Gasteiger partial charge on any atom is 0.108 e. The van der Waals surface area contributed by atoms with Crippen LogP contribution in [0.15, 0.2) is 35.7 Å². The van der Waals surface area contributed by atoms with E-state index in [0.29, 0.717) is 5.02 Å². The van der Waals surface area contributed by atoms with Gasteiger partial charge in [0, 0.05) is 15.9 Å². The number of aliphatic hydroxyl groups is 1. The van der Waals surface area contributed by atoms with Crippen molar-refractivity contribution in [1.29, 1.82) is 0 Å². The lowest BCUT2D eigenvalue weighted by molar-refractivity contribution is 0.152. The number of thiophene rings is 1. The standard InChI is InChI=1S/C14H14ClNOS/c15-10-7-13(18-8-10)14(17)12-6-5-9-3-1-2-4-11(9)16-12/h1-4,7-8,12,14,16-17H,5-6H2. The van der Waals surface area contributed by atoms with Crippen LogP contribution in [0, 0.1) is 0 Å². The minimum atomic E-state index is -0.490. The predicted octanol–water partition coefficient (Wildman–Crippen LogP) is 3.86. The van der Waals surface area contributed by atoms with Crippen LogP contribution >= 0.6 is 22.9 Å². The molecule has 2 aromatic rings. The third-order valence-corrected chi connectivity index (χ3v) is 4.69. The zero-order valence-electron chi connectivity index (χ0n) is 9.77. The summed E-state index contributed by atoms with van der Waals surface area (Å²) in [6.07, 6.45) is 1.45. The summed E-state index contributed by atoms with van der Waals surface area (Å²) in [6.45, 7) is 0. The molecule has 0 saturated carbocycles. The van der Waals surface area contributed by atoms with E-state index in [1.54, 1.807) is 0 Å². The van der Waals surface area contributed by atoms with E-state index < -0.39 is 6.10 Å². The Hall–Kier alpha value is -1.03. The van der Waals surface area contributed by atoms with Crippen molar-refractivity contribution in [1.82, 2.24) is 0 Å². The molecule has 0 saturated heterocycles. The smallest absolute Gasteiger partial charge is 0.108 e. The number of rotatable bonds is 2. The van der Waals surface area contributed by atoms with Crippen molar-refractivity contribution in [3.8, 4) is 0 Å². The molecule has 3 rings (SSSR count). The van der Waals surface area contributed by atoms with Gasteiger partial charge in [-0.3, -0.25) is 0 Å². The summed E-state index contributed by atoms with van der Waals surface area (Å²) in [4.78, 5) is 0.928. The second-order valence-corrected chi connectivity index (χ2v) is 5.94. The lowest BCUT2D eigenvalue weighted by Crippen LogP contribution is -2.31. The van der Waals surface area contributed by atoms with Gasteiger partial charge >= 0.3 is 0 Å². The van der Waals surface area contributed by atoms with Crippen LogP contribution in [0.25, 0.3) is 0 Å². The van der Waals surface area contributed by atoms with Crippen LogP contribution in [0.3, 0.4) is 0 Å². The van der Waals surface area contributed by atoms with Gasteiger partial charge in [0.2, 0.25) is 0 Å². The molecule has 0 aliphatic carbocycles. The molecule has 2 nitrogen and oxygen atoms in total. The number of aliphatic hydroxyl groups excluding tert-OH is 1. The number of hydrogen-bond acceptors (Lipinski definition) is 3. The molecule has 4 heteroatoms. The van der Waals surface area contributed by atoms with E-state index in [4.69, 9.17) is 11.6 Å². The van der Waals surface area contributed by atoms with Crippen molar-refractivity contribution >= 4 is 28.6 Å². The highest BCUT2D eigenvalue weighted by molar-refractivity contribution is 7.10. The highest BCUT2D eigenvalue weighted by Crippen LogP contribution is 2.33. The van der Waals surface area contributed by atoms with E-state index in [1.807, 2.05) is 17.5 Å². The zero-order chi connectivity index (χ0) is 12.5. The molecule has 0 bridgehead atoms. The lowest BCUT2D eigenvalue weighted by atomic mass is 9.94. The highest BCUT2D eigenvalue weighted by atomic mass is 35.5. The quantitative estimate of drug-likeness (QED) is 0.875. The Morgan fingerprint density at radius 2 is 2.22 bits per heavy atom. The Bertz CT molecular complexity index is 554. The predicted molar refractivity (Wildman–Crippen MR) is 76.5 cm³/mol. The number of nitrogens with one attached hydrogen (secondary N) is 1. The number of fused-ring (bicyclic) bond motifs is 1. The largest absolute Gasteiger partial charge is 0.385 e. The molecular formula is C14H14ClNOS. The van der Waals surface area contributed by atoms with Gasteiger partial charge in [-0.1, -0.05) is 29.8 Å². The van der Waals surface area contributed by atoms with Gasteiger partial charge in [-0.2, -0.15) is 0 Å². The van der Waals surface area contributed by atoms with Crippen molar-refractivity contribution in [2.75, 3.05) is 5.32 Å². The molecule has 94 valence electrons. The molecule has 0 amide bonds. The molecule has 0 radical (unpaired) electrons. The summed E-state index contributed by atoms with van der Waals surface area (Å²) in [5.41, 5.74) is 2.46. The first-order valence-corrected chi connectivity index (χ1v) is 7.26. The van der Waals surface area contributed by atoms with Gasteiger partial charge in [0.05, 0.1) is 11.1 Å². The third kappa shape index (κ3) is 2.26. The highest BCUT2D eigenvalue weighted by Gasteiger charge is 2.26. The first-order chi connectivity index (χ1) is 8.74. The molecule has 1 aromatic heterocycles. The summed E-state index contributed by atoms with van der Waals surface area (Å²) < 4.78 is 0. The number of halogens is 1. The van der Waals surface area contributed by atoms with Gasteiger partial charge in [-0.05, 0) is 30.5 Å². The first kappa shape index (κ1) is 12.0. The number of para-hydroxylation sites is 1. The number of anilines is 1. The summed E-state index contributed by atoms with van der Waals surface area (Å²) in [5.74, 6) is 0. The fourth-order valence-electron chi connectivity index (χ4n) is 2.38. The molecule has 2 heterocycles. The van der Waals surface area contributed by atoms with Gasteiger partial charge in [0.25, 0.3) is 0 Å².